The smallest absolute Gasteiger partial charge is 0.344 e. The fourth-order valence-electron chi connectivity index (χ4n) is 3.21. The Morgan fingerprint density at radius 2 is 1.62 bits per heavy atom. The molecule has 2 aromatic carbocycles. The molecule has 0 bridgehead atoms. The number of ether oxygens (including phenoxy) is 1. The summed E-state index contributed by atoms with van der Waals surface area (Å²) in [4.78, 5) is 34.6. The number of nitrogens with zero attached hydrogens (tertiary/aromatic N) is 3. The van der Waals surface area contributed by atoms with Gasteiger partial charge in [0.05, 0.1) is 17.6 Å². The Balaban J connectivity index is 2.13. The summed E-state index contributed by atoms with van der Waals surface area (Å²) in [5.41, 5.74) is 3.17. The third-order valence-corrected chi connectivity index (χ3v) is 4.53. The highest BCUT2D eigenvalue weighted by molar-refractivity contribution is 6.11. The van der Waals surface area contributed by atoms with Crippen molar-refractivity contribution in [1.29, 1.82) is 0 Å². The Hall–Kier alpha value is -3.74. The van der Waals surface area contributed by atoms with Gasteiger partial charge in [-0.15, -0.1) is 0 Å². The van der Waals surface area contributed by atoms with Crippen LogP contribution in [0.1, 0.15) is 30.6 Å². The fourth-order valence-corrected chi connectivity index (χ4v) is 3.21. The van der Waals surface area contributed by atoms with Crippen LogP contribution in [0.5, 0.6) is 0 Å². The molecule has 0 aliphatic carbocycles. The van der Waals surface area contributed by atoms with Crippen molar-refractivity contribution in [3.8, 4) is 5.69 Å². The number of hydrogen-bond donors (Lipinski definition) is 1. The largest absolute Gasteiger partial charge is 0.462 e. The molecule has 0 fully saturated rings. The zero-order valence-electron chi connectivity index (χ0n) is 16.2. The first-order valence-corrected chi connectivity index (χ1v) is 9.47. The van der Waals surface area contributed by atoms with Gasteiger partial charge in [-0.2, -0.15) is 0 Å². The van der Waals surface area contributed by atoms with Gasteiger partial charge in [0.15, 0.2) is 5.65 Å². The molecule has 0 unspecified atom stereocenters. The molecule has 2 aromatic heterocycles. The molecule has 0 aliphatic heterocycles. The van der Waals surface area contributed by atoms with E-state index in [0.717, 1.165) is 5.69 Å². The highest BCUT2D eigenvalue weighted by Gasteiger charge is 2.28. The Morgan fingerprint density at radius 1 is 0.966 bits per heavy atom. The number of carbonyl (C=O) groups excluding carboxylic acids is 2. The van der Waals surface area contributed by atoms with E-state index in [1.165, 1.54) is 0 Å². The maximum atomic E-state index is 12.9. The van der Waals surface area contributed by atoms with Crippen molar-refractivity contribution < 1.29 is 14.3 Å². The summed E-state index contributed by atoms with van der Waals surface area (Å²) < 4.78 is 7.03. The molecule has 0 saturated heterocycles. The number of nitrogens with one attached hydrogen (secondary N) is 1. The van der Waals surface area contributed by atoms with Crippen LogP contribution in [-0.2, 0) is 9.53 Å². The Morgan fingerprint density at radius 3 is 2.28 bits per heavy atom. The molecule has 2 heterocycles. The van der Waals surface area contributed by atoms with Crippen molar-refractivity contribution >= 4 is 39.9 Å². The summed E-state index contributed by atoms with van der Waals surface area (Å²) in [6, 6.07) is 16.9. The molecular weight excluding hydrogens is 368 g/mol. The molecule has 7 heteroatoms. The number of carbonyl (C=O) groups is 2. The molecule has 1 N–H and O–H groups in total. The molecule has 0 aliphatic rings. The highest BCUT2D eigenvalue weighted by Crippen LogP contribution is 2.33. The number of para-hydroxylation sites is 3. The topological polar surface area (TPSA) is 86.1 Å². The maximum absolute atomic E-state index is 12.9. The summed E-state index contributed by atoms with van der Waals surface area (Å²) >= 11 is 0. The van der Waals surface area contributed by atoms with Crippen LogP contribution in [0.3, 0.4) is 0 Å². The number of esters is 1. The van der Waals surface area contributed by atoms with E-state index in [1.807, 2.05) is 54.6 Å². The van der Waals surface area contributed by atoms with E-state index < -0.39 is 5.97 Å². The van der Waals surface area contributed by atoms with Crippen LogP contribution in [0, 0.1) is 0 Å². The molecule has 0 saturated carbocycles. The van der Waals surface area contributed by atoms with Crippen molar-refractivity contribution in [2.75, 3.05) is 11.9 Å². The zero-order valence-corrected chi connectivity index (χ0v) is 16.2. The summed E-state index contributed by atoms with van der Waals surface area (Å²) in [5.74, 6) is -0.463. The van der Waals surface area contributed by atoms with E-state index >= 15 is 0 Å². The minimum Gasteiger partial charge on any atom is -0.462 e. The van der Waals surface area contributed by atoms with E-state index in [-0.39, 0.29) is 24.5 Å². The van der Waals surface area contributed by atoms with Gasteiger partial charge in [-0.05, 0) is 31.2 Å². The van der Waals surface area contributed by atoms with Crippen LogP contribution in [0.2, 0.25) is 0 Å². The number of aromatic nitrogens is 3. The van der Waals surface area contributed by atoms with Gasteiger partial charge in [0.2, 0.25) is 5.91 Å². The highest BCUT2D eigenvalue weighted by atomic mass is 16.5. The monoisotopic (exact) mass is 388 g/mol. The molecular formula is C22H20N4O3. The van der Waals surface area contributed by atoms with Crippen molar-refractivity contribution in [2.45, 2.75) is 20.3 Å². The lowest BCUT2D eigenvalue weighted by Crippen LogP contribution is -2.16. The lowest BCUT2D eigenvalue weighted by Gasteiger charge is -2.12. The van der Waals surface area contributed by atoms with Crippen molar-refractivity contribution in [2.24, 2.45) is 0 Å². The number of amides is 1. The molecule has 7 nitrogen and oxygen atoms in total. The quantitative estimate of drug-likeness (QED) is 0.520. The van der Waals surface area contributed by atoms with Gasteiger partial charge >= 0.3 is 5.97 Å². The second-order valence-corrected chi connectivity index (χ2v) is 6.40. The summed E-state index contributed by atoms with van der Waals surface area (Å²) in [5, 5.41) is 2.85. The van der Waals surface area contributed by atoms with Crippen LogP contribution in [0.4, 0.5) is 5.82 Å². The number of rotatable bonds is 5. The molecule has 4 rings (SSSR count). The summed E-state index contributed by atoms with van der Waals surface area (Å²) in [6.07, 6.45) is 0.265. The molecule has 29 heavy (non-hydrogen) atoms. The normalized spacial score (nSPS) is 11.0. The van der Waals surface area contributed by atoms with E-state index in [9.17, 15) is 9.59 Å². The van der Waals surface area contributed by atoms with Gasteiger partial charge in [0.1, 0.15) is 16.9 Å². The minimum atomic E-state index is -0.553. The third kappa shape index (κ3) is 3.31. The number of hydrogen-bond acceptors (Lipinski definition) is 5. The van der Waals surface area contributed by atoms with Crippen LogP contribution in [0.25, 0.3) is 27.9 Å². The first kappa shape index (κ1) is 18.6. The predicted octanol–water partition coefficient (Wildman–Crippen LogP) is 4.10. The molecule has 0 spiro atoms. The van der Waals surface area contributed by atoms with E-state index in [4.69, 9.17) is 9.72 Å². The second kappa shape index (κ2) is 7.71. The van der Waals surface area contributed by atoms with Crippen molar-refractivity contribution in [3.05, 3.63) is 60.2 Å². The standard InChI is InChI=1S/C22H20N4O3/c1-3-17(27)25-20-18(22(28)29-4-2)19-21(26(20)14-10-6-5-7-11-14)24-16-13-9-8-12-15(16)23-19/h5-13H,3-4H2,1-2H3,(H,25,27). The van der Waals surface area contributed by atoms with Gasteiger partial charge in [-0.3, -0.25) is 9.36 Å². The maximum Gasteiger partial charge on any atom is 0.344 e. The van der Waals surface area contributed by atoms with E-state index in [1.54, 1.807) is 18.4 Å². The lowest BCUT2D eigenvalue weighted by atomic mass is 10.2. The first-order valence-electron chi connectivity index (χ1n) is 9.47. The summed E-state index contributed by atoms with van der Waals surface area (Å²) in [7, 11) is 0. The number of anilines is 1. The van der Waals surface area contributed by atoms with Crippen molar-refractivity contribution in [3.63, 3.8) is 0 Å². The second-order valence-electron chi connectivity index (χ2n) is 6.40. The fraction of sp³-hybridized carbons (Fsp3) is 0.182. The first-order chi connectivity index (χ1) is 14.1. The molecule has 4 aromatic rings. The van der Waals surface area contributed by atoms with Gasteiger partial charge < -0.3 is 10.1 Å². The molecule has 1 amide bonds. The number of benzene rings is 2. The number of fused-ring (bicyclic) bond motifs is 2. The average Bonchev–Trinajstić information content (AvgIpc) is 3.05. The third-order valence-electron chi connectivity index (χ3n) is 4.53. The minimum absolute atomic E-state index is 0.200. The van der Waals surface area contributed by atoms with E-state index in [0.29, 0.717) is 28.0 Å². The van der Waals surface area contributed by atoms with Gasteiger partial charge in [0.25, 0.3) is 0 Å². The van der Waals surface area contributed by atoms with Crippen LogP contribution < -0.4 is 5.32 Å². The van der Waals surface area contributed by atoms with Crippen LogP contribution in [0.15, 0.2) is 54.6 Å². The molecule has 146 valence electrons. The Bertz CT molecular complexity index is 1220. The van der Waals surface area contributed by atoms with E-state index in [2.05, 4.69) is 10.3 Å². The Labute approximate surface area is 167 Å². The van der Waals surface area contributed by atoms with Crippen LogP contribution in [-0.4, -0.2) is 33.0 Å². The average molecular weight is 388 g/mol. The Kier molecular flexibility index (Phi) is 4.95. The van der Waals surface area contributed by atoms with Gasteiger partial charge in [0, 0.05) is 12.1 Å². The zero-order chi connectivity index (χ0) is 20.4. The molecule has 0 radical (unpaired) electrons. The summed E-state index contributed by atoms with van der Waals surface area (Å²) in [6.45, 7) is 3.69. The predicted molar refractivity (Wildman–Crippen MR) is 111 cm³/mol. The van der Waals surface area contributed by atoms with Gasteiger partial charge in [-0.1, -0.05) is 37.3 Å². The van der Waals surface area contributed by atoms with Gasteiger partial charge in [-0.25, -0.2) is 14.8 Å². The van der Waals surface area contributed by atoms with Crippen LogP contribution >= 0.6 is 0 Å². The van der Waals surface area contributed by atoms with Crippen molar-refractivity contribution in [1.82, 2.24) is 14.5 Å². The molecule has 0 atom stereocenters. The lowest BCUT2D eigenvalue weighted by molar-refractivity contribution is -0.115. The SMILES string of the molecule is CCOC(=O)c1c(NC(=O)CC)n(-c2ccccc2)c2nc3ccccc3nc12.